The van der Waals surface area contributed by atoms with Crippen LogP contribution in [0.4, 0.5) is 11.6 Å². The summed E-state index contributed by atoms with van der Waals surface area (Å²) >= 11 is 0. The van der Waals surface area contributed by atoms with Crippen LogP contribution in [0.5, 0.6) is 0 Å². The van der Waals surface area contributed by atoms with Gasteiger partial charge in [0.05, 0.1) is 35.6 Å². The minimum Gasteiger partial charge on any atom is -0.392 e. The normalized spacial score (nSPS) is 23.8. The number of rotatable bonds is 7. The molecule has 45 heavy (non-hydrogen) atoms. The number of nitrogens with zero attached hydrogens (tertiary/aromatic N) is 5. The third-order valence-electron chi connectivity index (χ3n) is 8.96. The van der Waals surface area contributed by atoms with Gasteiger partial charge in [-0.25, -0.2) is 14.9 Å². The Balaban J connectivity index is 1.13. The number of ether oxygens (including phenoxy) is 2. The first-order valence-corrected chi connectivity index (χ1v) is 15.3. The Morgan fingerprint density at radius 2 is 1.49 bits per heavy atom. The van der Waals surface area contributed by atoms with E-state index >= 15 is 0 Å². The lowest BCUT2D eigenvalue weighted by Crippen LogP contribution is -2.51. The van der Waals surface area contributed by atoms with Crippen molar-refractivity contribution in [3.8, 4) is 0 Å². The number of anilines is 2. The summed E-state index contributed by atoms with van der Waals surface area (Å²) < 4.78 is 13.4. The fourth-order valence-electron chi connectivity index (χ4n) is 6.40. The van der Waals surface area contributed by atoms with Crippen LogP contribution in [0, 0.1) is 5.92 Å². The Labute approximate surface area is 261 Å². The summed E-state index contributed by atoms with van der Waals surface area (Å²) in [6, 6.07) is 23.8. The zero-order valence-electron chi connectivity index (χ0n) is 25.0. The van der Waals surface area contributed by atoms with E-state index < -0.39 is 6.29 Å². The van der Waals surface area contributed by atoms with Crippen molar-refractivity contribution in [2.24, 2.45) is 5.92 Å². The van der Waals surface area contributed by atoms with E-state index in [4.69, 9.17) is 9.47 Å². The van der Waals surface area contributed by atoms with Gasteiger partial charge in [-0.05, 0) is 41.5 Å². The maximum absolute atomic E-state index is 13.2. The zero-order chi connectivity index (χ0) is 30.9. The number of benzene rings is 3. The first-order chi connectivity index (χ1) is 22.0. The van der Waals surface area contributed by atoms with E-state index in [1.54, 1.807) is 42.7 Å². The second-order valence-electron chi connectivity index (χ2n) is 11.7. The number of imide groups is 1. The van der Waals surface area contributed by atoms with Crippen molar-refractivity contribution in [1.29, 1.82) is 0 Å². The van der Waals surface area contributed by atoms with E-state index in [1.807, 2.05) is 48.5 Å². The number of amides is 2. The standard InChI is InChI=1S/C35H35N5O5/c1-23-30(21-38-16-18-39(19-17-38)35-36-14-5-15-37-35)44-34(45-31(23)25-12-10-24(22-41)11-13-25)26-6-4-7-27(20-26)40-32(42)28-8-2-3-9-29(28)33(40)43/h2-15,20,23,30-31,34,41H,16-19,21-22H2,1H3/t23-,30+,31+,34+/m1/s1. The second-order valence-corrected chi connectivity index (χ2v) is 11.7. The minimum absolute atomic E-state index is 0.0242. The van der Waals surface area contributed by atoms with Gasteiger partial charge in [0.15, 0.2) is 6.29 Å². The van der Waals surface area contributed by atoms with Crippen LogP contribution < -0.4 is 9.80 Å². The van der Waals surface area contributed by atoms with Crippen LogP contribution in [0.3, 0.4) is 0 Å². The molecule has 7 rings (SSSR count). The molecular weight excluding hydrogens is 570 g/mol. The fraction of sp³-hybridized carbons (Fsp3) is 0.314. The molecule has 0 bridgehead atoms. The van der Waals surface area contributed by atoms with Gasteiger partial charge in [0.2, 0.25) is 5.95 Å². The molecule has 230 valence electrons. The summed E-state index contributed by atoms with van der Waals surface area (Å²) in [7, 11) is 0. The van der Waals surface area contributed by atoms with Crippen LogP contribution in [-0.2, 0) is 16.1 Å². The van der Waals surface area contributed by atoms with Gasteiger partial charge in [-0.3, -0.25) is 14.5 Å². The zero-order valence-corrected chi connectivity index (χ0v) is 25.0. The quantitative estimate of drug-likeness (QED) is 0.307. The van der Waals surface area contributed by atoms with Crippen LogP contribution in [0.2, 0.25) is 0 Å². The van der Waals surface area contributed by atoms with Gasteiger partial charge in [-0.1, -0.05) is 55.5 Å². The molecule has 3 aliphatic heterocycles. The summed E-state index contributed by atoms with van der Waals surface area (Å²) in [4.78, 5) is 41.1. The minimum atomic E-state index is -0.720. The smallest absolute Gasteiger partial charge is 0.266 e. The molecule has 2 amide bonds. The first kappa shape index (κ1) is 29.2. The van der Waals surface area contributed by atoms with Crippen LogP contribution in [0.15, 0.2) is 91.3 Å². The lowest BCUT2D eigenvalue weighted by Gasteiger charge is -2.44. The summed E-state index contributed by atoms with van der Waals surface area (Å²) in [5.41, 5.74) is 3.84. The first-order valence-electron chi connectivity index (χ1n) is 15.3. The Bertz CT molecular complexity index is 1640. The number of carbonyl (C=O) groups is 2. The van der Waals surface area contributed by atoms with Crippen LogP contribution >= 0.6 is 0 Å². The molecule has 1 aromatic heterocycles. The van der Waals surface area contributed by atoms with E-state index in [0.29, 0.717) is 23.4 Å². The highest BCUT2D eigenvalue weighted by Crippen LogP contribution is 2.43. The molecule has 4 atom stereocenters. The highest BCUT2D eigenvalue weighted by atomic mass is 16.7. The van der Waals surface area contributed by atoms with E-state index in [9.17, 15) is 14.7 Å². The lowest BCUT2D eigenvalue weighted by atomic mass is 9.90. The van der Waals surface area contributed by atoms with Gasteiger partial charge < -0.3 is 19.5 Å². The van der Waals surface area contributed by atoms with Crippen molar-refractivity contribution >= 4 is 23.5 Å². The van der Waals surface area contributed by atoms with Crippen LogP contribution in [0.1, 0.15) is 56.7 Å². The van der Waals surface area contributed by atoms with Crippen molar-refractivity contribution in [2.45, 2.75) is 32.0 Å². The third-order valence-corrected chi connectivity index (χ3v) is 8.96. The molecule has 4 aromatic rings. The molecule has 2 fully saturated rings. The number of aromatic nitrogens is 2. The SMILES string of the molecule is C[C@@H]1[C@H](CN2CCN(c3ncccn3)CC2)O[C@H](c2cccc(N3C(=O)c4ccccc4C3=O)c2)O[C@@H]1c1ccc(CO)cc1. The summed E-state index contributed by atoms with van der Waals surface area (Å²) in [5.74, 6) is 0.0895. The molecule has 0 aliphatic carbocycles. The van der Waals surface area contributed by atoms with Gasteiger partial charge in [-0.2, -0.15) is 0 Å². The average molecular weight is 606 g/mol. The largest absolute Gasteiger partial charge is 0.392 e. The molecule has 0 unspecified atom stereocenters. The number of fused-ring (bicyclic) bond motifs is 1. The molecule has 4 heterocycles. The second kappa shape index (κ2) is 12.5. The predicted molar refractivity (Wildman–Crippen MR) is 168 cm³/mol. The molecule has 3 aliphatic rings. The van der Waals surface area contributed by atoms with Gasteiger partial charge >= 0.3 is 0 Å². The van der Waals surface area contributed by atoms with E-state index in [0.717, 1.165) is 48.8 Å². The summed E-state index contributed by atoms with van der Waals surface area (Å²) in [5, 5.41) is 9.59. The predicted octanol–water partition coefficient (Wildman–Crippen LogP) is 4.38. The van der Waals surface area contributed by atoms with Gasteiger partial charge in [-0.15, -0.1) is 0 Å². The Morgan fingerprint density at radius 1 is 0.800 bits per heavy atom. The maximum Gasteiger partial charge on any atom is 0.266 e. The molecule has 10 nitrogen and oxygen atoms in total. The molecule has 0 radical (unpaired) electrons. The van der Waals surface area contributed by atoms with Crippen molar-refractivity contribution < 1.29 is 24.2 Å². The molecule has 1 N–H and O–H groups in total. The van der Waals surface area contributed by atoms with Gasteiger partial charge in [0.25, 0.3) is 11.8 Å². The molecule has 10 heteroatoms. The number of piperazine rings is 1. The summed E-state index contributed by atoms with van der Waals surface area (Å²) in [6.07, 6.45) is 2.38. The molecule has 0 spiro atoms. The highest BCUT2D eigenvalue weighted by Gasteiger charge is 2.41. The Kier molecular flexibility index (Phi) is 8.12. The van der Waals surface area contributed by atoms with Crippen LogP contribution in [-0.4, -0.2) is 70.6 Å². The number of hydrogen-bond donors (Lipinski definition) is 1. The molecule has 2 saturated heterocycles. The van der Waals surface area contributed by atoms with Crippen molar-refractivity contribution in [3.63, 3.8) is 0 Å². The van der Waals surface area contributed by atoms with Gasteiger partial charge in [0.1, 0.15) is 0 Å². The number of aliphatic hydroxyl groups is 1. The number of hydrogen-bond acceptors (Lipinski definition) is 9. The maximum atomic E-state index is 13.2. The lowest BCUT2D eigenvalue weighted by molar-refractivity contribution is -0.276. The topological polar surface area (TPSA) is 108 Å². The molecule has 3 aromatic carbocycles. The van der Waals surface area contributed by atoms with Crippen molar-refractivity contribution in [2.75, 3.05) is 42.5 Å². The van der Waals surface area contributed by atoms with Crippen LogP contribution in [0.25, 0.3) is 0 Å². The van der Waals surface area contributed by atoms with E-state index in [-0.39, 0.29) is 36.5 Å². The average Bonchev–Trinajstić information content (AvgIpc) is 3.35. The van der Waals surface area contributed by atoms with Crippen molar-refractivity contribution in [1.82, 2.24) is 14.9 Å². The van der Waals surface area contributed by atoms with E-state index in [1.165, 1.54) is 4.90 Å². The van der Waals surface area contributed by atoms with Crippen molar-refractivity contribution in [3.05, 3.63) is 119 Å². The molecule has 0 saturated carbocycles. The molecular formula is C35H35N5O5. The fourth-order valence-corrected chi connectivity index (χ4v) is 6.40. The Morgan fingerprint density at radius 3 is 2.16 bits per heavy atom. The Hall–Kier alpha value is -4.48. The van der Waals surface area contributed by atoms with Gasteiger partial charge in [0, 0.05) is 56.6 Å². The van der Waals surface area contributed by atoms with E-state index in [2.05, 4.69) is 26.7 Å². The number of aliphatic hydroxyl groups excluding tert-OH is 1. The summed E-state index contributed by atoms with van der Waals surface area (Å²) in [6.45, 7) is 6.17. The third kappa shape index (κ3) is 5.73. The monoisotopic (exact) mass is 605 g/mol. The number of carbonyl (C=O) groups excluding carboxylic acids is 2. The highest BCUT2D eigenvalue weighted by molar-refractivity contribution is 6.34.